The summed E-state index contributed by atoms with van der Waals surface area (Å²) < 4.78 is 10.9. The van der Waals surface area contributed by atoms with Gasteiger partial charge in [0.1, 0.15) is 0 Å². The van der Waals surface area contributed by atoms with E-state index in [2.05, 4.69) is 11.9 Å². The fourth-order valence-corrected chi connectivity index (χ4v) is 2.96. The summed E-state index contributed by atoms with van der Waals surface area (Å²) in [7, 11) is 3.70. The molecule has 0 bridgehead atoms. The maximum atomic E-state index is 10.2. The van der Waals surface area contributed by atoms with Gasteiger partial charge < -0.3 is 25.2 Å². The lowest BCUT2D eigenvalue weighted by Crippen LogP contribution is -2.41. The van der Waals surface area contributed by atoms with Gasteiger partial charge in [-0.25, -0.2) is 0 Å². The molecule has 0 amide bonds. The zero-order valence-corrected chi connectivity index (χ0v) is 13.1. The van der Waals surface area contributed by atoms with Gasteiger partial charge in [0.25, 0.3) is 0 Å². The average Bonchev–Trinajstić information content (AvgIpc) is 2.45. The number of rotatable bonds is 5. The van der Waals surface area contributed by atoms with Crippen LogP contribution in [0.4, 0.5) is 5.69 Å². The summed E-state index contributed by atoms with van der Waals surface area (Å²) >= 11 is 0. The van der Waals surface area contributed by atoms with Crippen LogP contribution in [0.25, 0.3) is 0 Å². The van der Waals surface area contributed by atoms with E-state index < -0.39 is 0 Å². The maximum Gasteiger partial charge on any atom is 0.184 e. The molecule has 1 aromatic rings. The zero-order valence-electron chi connectivity index (χ0n) is 13.1. The molecule has 118 valence electrons. The van der Waals surface area contributed by atoms with Crippen molar-refractivity contribution in [1.29, 1.82) is 0 Å². The highest BCUT2D eigenvalue weighted by molar-refractivity contribution is 5.62. The largest absolute Gasteiger partial charge is 0.493 e. The molecule has 2 rings (SSSR count). The van der Waals surface area contributed by atoms with Crippen LogP contribution >= 0.6 is 0 Å². The van der Waals surface area contributed by atoms with Crippen molar-refractivity contribution < 1.29 is 14.6 Å². The average molecular weight is 294 g/mol. The first-order valence-electron chi connectivity index (χ1n) is 7.51. The first-order chi connectivity index (χ1) is 10.0. The fourth-order valence-electron chi connectivity index (χ4n) is 2.96. The van der Waals surface area contributed by atoms with Crippen LogP contribution in [0.5, 0.6) is 11.5 Å². The third-order valence-electron chi connectivity index (χ3n) is 4.05. The lowest BCUT2D eigenvalue weighted by molar-refractivity contribution is 0.0366. The number of aliphatic hydroxyl groups is 1. The van der Waals surface area contributed by atoms with Crippen molar-refractivity contribution in [3.05, 3.63) is 17.7 Å². The van der Waals surface area contributed by atoms with E-state index in [9.17, 15) is 5.11 Å². The molecule has 2 unspecified atom stereocenters. The van der Waals surface area contributed by atoms with Crippen LogP contribution in [0.2, 0.25) is 0 Å². The molecule has 0 aromatic heterocycles. The van der Waals surface area contributed by atoms with E-state index in [4.69, 9.17) is 15.2 Å². The monoisotopic (exact) mass is 294 g/mol. The number of aliphatic hydroxyl groups excluding tert-OH is 1. The van der Waals surface area contributed by atoms with Crippen LogP contribution in [0.1, 0.15) is 18.9 Å². The molecule has 0 aliphatic carbocycles. The van der Waals surface area contributed by atoms with Gasteiger partial charge in [-0.1, -0.05) is 0 Å². The number of anilines is 1. The summed E-state index contributed by atoms with van der Waals surface area (Å²) in [4.78, 5) is 2.26. The van der Waals surface area contributed by atoms with Gasteiger partial charge in [-0.05, 0) is 44.5 Å². The quantitative estimate of drug-likeness (QED) is 0.806. The minimum atomic E-state index is -0.250. The summed E-state index contributed by atoms with van der Waals surface area (Å²) in [5, 5.41) is 10.2. The Morgan fingerprint density at radius 1 is 1.43 bits per heavy atom. The molecular weight excluding hydrogens is 268 g/mol. The predicted octanol–water partition coefficient (Wildman–Crippen LogP) is 1.53. The van der Waals surface area contributed by atoms with Crippen molar-refractivity contribution >= 4 is 5.69 Å². The number of ether oxygens (including phenoxy) is 2. The number of hydrogen-bond donors (Lipinski definition) is 2. The Labute approximate surface area is 126 Å². The van der Waals surface area contributed by atoms with Crippen LogP contribution < -0.4 is 15.2 Å². The summed E-state index contributed by atoms with van der Waals surface area (Å²) in [5.74, 6) is 1.49. The van der Waals surface area contributed by atoms with Crippen LogP contribution in [0.3, 0.4) is 0 Å². The SMILES string of the molecule is CCOc1c(N)cc(CC2CN(C)CCC2O)cc1OC. The van der Waals surface area contributed by atoms with E-state index >= 15 is 0 Å². The Bertz CT molecular complexity index is 479. The van der Waals surface area contributed by atoms with Crippen LogP contribution in [-0.4, -0.2) is 50.0 Å². The molecule has 1 heterocycles. The Kier molecular flexibility index (Phi) is 5.31. The first kappa shape index (κ1) is 15.9. The van der Waals surface area contributed by atoms with E-state index in [1.807, 2.05) is 19.1 Å². The van der Waals surface area contributed by atoms with Crippen molar-refractivity contribution in [2.24, 2.45) is 5.92 Å². The van der Waals surface area contributed by atoms with Gasteiger partial charge >= 0.3 is 0 Å². The number of likely N-dealkylation sites (tertiary alicyclic amines) is 1. The Balaban J connectivity index is 2.18. The van der Waals surface area contributed by atoms with Gasteiger partial charge in [0.2, 0.25) is 0 Å². The summed E-state index contributed by atoms with van der Waals surface area (Å²) in [6, 6.07) is 3.89. The number of nitrogen functional groups attached to an aromatic ring is 1. The number of methoxy groups -OCH3 is 1. The van der Waals surface area contributed by atoms with Gasteiger partial charge in [-0.15, -0.1) is 0 Å². The molecule has 5 heteroatoms. The molecule has 1 aliphatic rings. The zero-order chi connectivity index (χ0) is 15.4. The van der Waals surface area contributed by atoms with E-state index in [1.165, 1.54) is 0 Å². The predicted molar refractivity (Wildman–Crippen MR) is 83.9 cm³/mol. The number of nitrogens with two attached hydrogens (primary N) is 1. The molecule has 3 N–H and O–H groups in total. The standard InChI is InChI=1S/C16H26N2O3/c1-4-21-16-13(17)8-11(9-15(16)20-3)7-12-10-18(2)6-5-14(12)19/h8-9,12,14,19H,4-7,10,17H2,1-3H3. The number of hydrogen-bond acceptors (Lipinski definition) is 5. The highest BCUT2D eigenvalue weighted by Gasteiger charge is 2.26. The molecule has 0 spiro atoms. The molecule has 0 radical (unpaired) electrons. The molecule has 2 atom stereocenters. The van der Waals surface area contributed by atoms with E-state index in [-0.39, 0.29) is 12.0 Å². The van der Waals surface area contributed by atoms with Gasteiger partial charge in [0.05, 0.1) is 25.5 Å². The van der Waals surface area contributed by atoms with Crippen LogP contribution in [-0.2, 0) is 6.42 Å². The van der Waals surface area contributed by atoms with Gasteiger partial charge in [-0.2, -0.15) is 0 Å². The lowest BCUT2D eigenvalue weighted by atomic mass is 9.88. The highest BCUT2D eigenvalue weighted by atomic mass is 16.5. The molecular formula is C16H26N2O3. The summed E-state index contributed by atoms with van der Waals surface area (Å²) in [6.07, 6.45) is 1.36. The lowest BCUT2D eigenvalue weighted by Gasteiger charge is -2.34. The minimum Gasteiger partial charge on any atom is -0.493 e. The molecule has 1 aromatic carbocycles. The van der Waals surface area contributed by atoms with E-state index in [0.29, 0.717) is 23.8 Å². The molecule has 0 saturated carbocycles. The van der Waals surface area contributed by atoms with Crippen molar-refractivity contribution in [3.63, 3.8) is 0 Å². The Hall–Kier alpha value is -1.46. The maximum absolute atomic E-state index is 10.2. The summed E-state index contributed by atoms with van der Waals surface area (Å²) in [6.45, 7) is 4.32. The molecule has 1 saturated heterocycles. The van der Waals surface area contributed by atoms with Gasteiger partial charge in [-0.3, -0.25) is 0 Å². The van der Waals surface area contributed by atoms with Gasteiger partial charge in [0.15, 0.2) is 11.5 Å². The molecule has 5 nitrogen and oxygen atoms in total. The number of benzene rings is 1. The smallest absolute Gasteiger partial charge is 0.184 e. The fraction of sp³-hybridized carbons (Fsp3) is 0.625. The van der Waals surface area contributed by atoms with Crippen molar-refractivity contribution in [1.82, 2.24) is 4.90 Å². The van der Waals surface area contributed by atoms with Crippen molar-refractivity contribution in [2.75, 3.05) is 39.6 Å². The Morgan fingerprint density at radius 3 is 2.86 bits per heavy atom. The Morgan fingerprint density at radius 2 is 2.19 bits per heavy atom. The van der Waals surface area contributed by atoms with Crippen molar-refractivity contribution in [3.8, 4) is 11.5 Å². The van der Waals surface area contributed by atoms with E-state index in [0.717, 1.165) is 31.5 Å². The number of nitrogens with zero attached hydrogens (tertiary/aromatic N) is 1. The van der Waals surface area contributed by atoms with Crippen LogP contribution in [0.15, 0.2) is 12.1 Å². The van der Waals surface area contributed by atoms with Gasteiger partial charge in [0, 0.05) is 19.0 Å². The minimum absolute atomic E-state index is 0.228. The molecule has 1 fully saturated rings. The topological polar surface area (TPSA) is 68.0 Å². The second-order valence-corrected chi connectivity index (χ2v) is 5.73. The molecule has 21 heavy (non-hydrogen) atoms. The van der Waals surface area contributed by atoms with Crippen molar-refractivity contribution in [2.45, 2.75) is 25.9 Å². The van der Waals surface area contributed by atoms with E-state index in [1.54, 1.807) is 7.11 Å². The number of piperidine rings is 1. The molecule has 1 aliphatic heterocycles. The highest BCUT2D eigenvalue weighted by Crippen LogP contribution is 2.36. The second kappa shape index (κ2) is 7.00. The summed E-state index contributed by atoms with van der Waals surface area (Å²) in [5.41, 5.74) is 7.74. The second-order valence-electron chi connectivity index (χ2n) is 5.73. The third-order valence-corrected chi connectivity index (χ3v) is 4.05. The van der Waals surface area contributed by atoms with Crippen LogP contribution in [0, 0.1) is 5.92 Å². The third kappa shape index (κ3) is 3.80. The first-order valence-corrected chi connectivity index (χ1v) is 7.51. The normalized spacial score (nSPS) is 23.0.